The fourth-order valence-electron chi connectivity index (χ4n) is 2.32. The number of hydrogen-bond donors (Lipinski definition) is 2. The Bertz CT molecular complexity index is 926. The molecule has 0 radical (unpaired) electrons. The Balaban J connectivity index is 1.57. The van der Waals surface area contributed by atoms with Crippen LogP contribution in [0, 0.1) is 11.3 Å². The largest absolute Gasteiger partial charge is 0.382 e. The number of nitrogens with two attached hydrogens (primary N) is 1. The molecule has 8 nitrogen and oxygen atoms in total. The Morgan fingerprint density at radius 3 is 3.04 bits per heavy atom. The molecule has 0 fully saturated rings. The van der Waals surface area contributed by atoms with Crippen molar-refractivity contribution in [2.75, 3.05) is 5.73 Å². The smallest absolute Gasteiger partial charge is 0.222 e. The van der Waals surface area contributed by atoms with Gasteiger partial charge in [-0.1, -0.05) is 12.1 Å². The predicted octanol–water partition coefficient (Wildman–Crippen LogP) is 0.987. The van der Waals surface area contributed by atoms with E-state index in [1.165, 1.54) is 6.33 Å². The molecule has 8 heteroatoms. The van der Waals surface area contributed by atoms with Gasteiger partial charge in [-0.3, -0.25) is 4.79 Å². The number of amides is 1. The fourth-order valence-corrected chi connectivity index (χ4v) is 2.32. The average molecular weight is 321 g/mol. The van der Waals surface area contributed by atoms with E-state index in [9.17, 15) is 4.79 Å². The van der Waals surface area contributed by atoms with Gasteiger partial charge in [-0.15, -0.1) is 0 Å². The van der Waals surface area contributed by atoms with Gasteiger partial charge in [-0.05, 0) is 17.7 Å². The monoisotopic (exact) mass is 321 g/mol. The zero-order chi connectivity index (χ0) is 16.9. The Kier molecular flexibility index (Phi) is 4.34. The Morgan fingerprint density at radius 1 is 1.33 bits per heavy atom. The van der Waals surface area contributed by atoms with Crippen LogP contribution >= 0.6 is 0 Å². The number of nitrogens with one attached hydrogen (secondary N) is 1. The van der Waals surface area contributed by atoms with Crippen molar-refractivity contribution < 1.29 is 4.79 Å². The zero-order valence-corrected chi connectivity index (χ0v) is 12.8. The van der Waals surface area contributed by atoms with Crippen molar-refractivity contribution in [1.29, 1.82) is 5.26 Å². The lowest BCUT2D eigenvalue weighted by Gasteiger charge is -2.07. The van der Waals surface area contributed by atoms with Gasteiger partial charge in [0.15, 0.2) is 11.5 Å². The lowest BCUT2D eigenvalue weighted by Crippen LogP contribution is -2.23. The molecule has 1 amide bonds. The van der Waals surface area contributed by atoms with Crippen LogP contribution in [0.4, 0.5) is 5.82 Å². The fraction of sp³-hybridized carbons (Fsp3) is 0.188. The van der Waals surface area contributed by atoms with E-state index < -0.39 is 0 Å². The number of hydrogen-bond acceptors (Lipinski definition) is 6. The molecule has 2 aromatic heterocycles. The third-order valence-corrected chi connectivity index (χ3v) is 3.56. The van der Waals surface area contributed by atoms with Crippen LogP contribution in [0.15, 0.2) is 36.9 Å². The van der Waals surface area contributed by atoms with E-state index in [4.69, 9.17) is 11.0 Å². The van der Waals surface area contributed by atoms with Crippen LogP contribution in [0.1, 0.15) is 17.5 Å². The number of aromatic nitrogens is 4. The summed E-state index contributed by atoms with van der Waals surface area (Å²) in [5.41, 5.74) is 8.33. The summed E-state index contributed by atoms with van der Waals surface area (Å²) in [5.74, 6) is 0.224. The van der Waals surface area contributed by atoms with Gasteiger partial charge >= 0.3 is 0 Å². The van der Waals surface area contributed by atoms with Crippen molar-refractivity contribution >= 4 is 22.9 Å². The molecule has 0 unspecified atom stereocenters. The van der Waals surface area contributed by atoms with E-state index in [0.717, 1.165) is 5.56 Å². The number of nitrogen functional groups attached to an aromatic ring is 1. The molecule has 0 aliphatic heterocycles. The number of nitrogens with zero attached hydrogens (tertiary/aromatic N) is 5. The van der Waals surface area contributed by atoms with Crippen molar-refractivity contribution in [2.24, 2.45) is 0 Å². The first-order valence-corrected chi connectivity index (χ1v) is 7.34. The van der Waals surface area contributed by atoms with E-state index >= 15 is 0 Å². The highest BCUT2D eigenvalue weighted by atomic mass is 16.1. The minimum absolute atomic E-state index is 0.0961. The molecule has 0 spiro atoms. The molecular formula is C16H15N7O. The third kappa shape index (κ3) is 3.30. The lowest BCUT2D eigenvalue weighted by atomic mass is 10.1. The summed E-state index contributed by atoms with van der Waals surface area (Å²) in [6.45, 7) is 0.825. The Labute approximate surface area is 138 Å². The molecule has 0 saturated heterocycles. The predicted molar refractivity (Wildman–Crippen MR) is 87.4 cm³/mol. The molecule has 0 bridgehead atoms. The molecule has 0 atom stereocenters. The summed E-state index contributed by atoms with van der Waals surface area (Å²) < 4.78 is 1.77. The maximum Gasteiger partial charge on any atom is 0.222 e. The number of anilines is 1. The maximum atomic E-state index is 12.0. The van der Waals surface area contributed by atoms with Crippen molar-refractivity contribution in [3.63, 3.8) is 0 Å². The highest BCUT2D eigenvalue weighted by Gasteiger charge is 2.09. The van der Waals surface area contributed by atoms with Gasteiger partial charge in [-0.2, -0.15) is 5.26 Å². The summed E-state index contributed by atoms with van der Waals surface area (Å²) in [4.78, 5) is 24.2. The molecule has 1 aromatic carbocycles. The van der Waals surface area contributed by atoms with E-state index in [1.54, 1.807) is 29.1 Å². The number of carbonyl (C=O) groups is 1. The van der Waals surface area contributed by atoms with Crippen LogP contribution < -0.4 is 11.1 Å². The van der Waals surface area contributed by atoms with Gasteiger partial charge in [-0.25, -0.2) is 15.0 Å². The topological polar surface area (TPSA) is 123 Å². The summed E-state index contributed by atoms with van der Waals surface area (Å²) in [5, 5.41) is 11.7. The number of carbonyl (C=O) groups excluding carboxylic acids is 1. The molecule has 0 aliphatic carbocycles. The van der Waals surface area contributed by atoms with Gasteiger partial charge in [0.05, 0.1) is 18.0 Å². The van der Waals surface area contributed by atoms with Crippen LogP contribution in [0.3, 0.4) is 0 Å². The molecule has 3 N–H and O–H groups in total. The lowest BCUT2D eigenvalue weighted by molar-refractivity contribution is -0.121. The third-order valence-electron chi connectivity index (χ3n) is 3.56. The second-order valence-corrected chi connectivity index (χ2v) is 5.21. The first-order chi connectivity index (χ1) is 11.7. The van der Waals surface area contributed by atoms with Gasteiger partial charge in [0.25, 0.3) is 0 Å². The van der Waals surface area contributed by atoms with Gasteiger partial charge in [0.1, 0.15) is 11.8 Å². The van der Waals surface area contributed by atoms with Crippen molar-refractivity contribution in [3.05, 3.63) is 48.0 Å². The van der Waals surface area contributed by atoms with Crippen LogP contribution in [-0.4, -0.2) is 25.4 Å². The first kappa shape index (κ1) is 15.4. The van der Waals surface area contributed by atoms with Crippen LogP contribution in [0.5, 0.6) is 0 Å². The van der Waals surface area contributed by atoms with Gasteiger partial charge in [0.2, 0.25) is 5.91 Å². The highest BCUT2D eigenvalue weighted by molar-refractivity contribution is 5.81. The molecule has 3 rings (SSSR count). The minimum Gasteiger partial charge on any atom is -0.382 e. The van der Waals surface area contributed by atoms with Crippen LogP contribution in [0.2, 0.25) is 0 Å². The summed E-state index contributed by atoms with van der Waals surface area (Å²) in [6, 6.07) is 9.21. The molecule has 0 aliphatic rings. The second kappa shape index (κ2) is 6.75. The zero-order valence-electron chi connectivity index (χ0n) is 12.8. The molecule has 3 aromatic rings. The standard InChI is InChI=1S/C16H15N7O/c17-7-11-2-1-3-12(6-11)8-19-13(24)4-5-23-10-22-14-15(18)20-9-21-16(14)23/h1-3,6,9-10H,4-5,8H2,(H,19,24)(H2,18,20,21). The minimum atomic E-state index is -0.0961. The quantitative estimate of drug-likeness (QED) is 0.722. The van der Waals surface area contributed by atoms with Crippen molar-refractivity contribution in [1.82, 2.24) is 24.8 Å². The number of fused-ring (bicyclic) bond motifs is 1. The number of imidazole rings is 1. The number of aryl methyl sites for hydroxylation is 1. The highest BCUT2D eigenvalue weighted by Crippen LogP contribution is 2.14. The first-order valence-electron chi connectivity index (χ1n) is 7.34. The van der Waals surface area contributed by atoms with Gasteiger partial charge in [0, 0.05) is 19.5 Å². The van der Waals surface area contributed by atoms with E-state index in [-0.39, 0.29) is 12.3 Å². The summed E-state index contributed by atoms with van der Waals surface area (Å²) in [7, 11) is 0. The molecule has 0 saturated carbocycles. The number of benzene rings is 1. The average Bonchev–Trinajstić information content (AvgIpc) is 3.03. The van der Waals surface area contributed by atoms with E-state index in [1.807, 2.05) is 6.07 Å². The molecule has 120 valence electrons. The normalized spacial score (nSPS) is 10.5. The summed E-state index contributed by atoms with van der Waals surface area (Å²) >= 11 is 0. The van der Waals surface area contributed by atoms with Crippen molar-refractivity contribution in [2.45, 2.75) is 19.5 Å². The Hall–Kier alpha value is -3.47. The molecular weight excluding hydrogens is 306 g/mol. The molecule has 24 heavy (non-hydrogen) atoms. The number of rotatable bonds is 5. The van der Waals surface area contributed by atoms with Crippen molar-refractivity contribution in [3.8, 4) is 6.07 Å². The van der Waals surface area contributed by atoms with Crippen LogP contribution in [0.25, 0.3) is 11.2 Å². The molecule has 2 heterocycles. The number of nitriles is 1. The van der Waals surface area contributed by atoms with E-state index in [2.05, 4.69) is 26.3 Å². The SMILES string of the molecule is N#Cc1cccc(CNC(=O)CCn2cnc3c(N)ncnc32)c1. The second-order valence-electron chi connectivity index (χ2n) is 5.21. The maximum absolute atomic E-state index is 12.0. The van der Waals surface area contributed by atoms with Crippen LogP contribution in [-0.2, 0) is 17.9 Å². The van der Waals surface area contributed by atoms with Gasteiger partial charge < -0.3 is 15.6 Å². The summed E-state index contributed by atoms with van der Waals surface area (Å²) in [6.07, 6.45) is 3.25. The Morgan fingerprint density at radius 2 is 2.21 bits per heavy atom. The van der Waals surface area contributed by atoms with E-state index in [0.29, 0.717) is 35.6 Å².